The zero-order valence-electron chi connectivity index (χ0n) is 11.6. The van der Waals surface area contributed by atoms with Crippen LogP contribution in [0.4, 0.5) is 11.8 Å². The summed E-state index contributed by atoms with van der Waals surface area (Å²) in [6, 6.07) is 2.15. The molecule has 1 aliphatic rings. The molecule has 0 aromatic carbocycles. The Hall–Kier alpha value is -1.40. The van der Waals surface area contributed by atoms with Crippen molar-refractivity contribution in [3.8, 4) is 0 Å². The smallest absolute Gasteiger partial charge is 0.223 e. The predicted octanol–water partition coefficient (Wildman–Crippen LogP) is 2.41. The summed E-state index contributed by atoms with van der Waals surface area (Å²) < 4.78 is 0. The molecule has 4 N–H and O–H groups in total. The van der Waals surface area contributed by atoms with Gasteiger partial charge in [-0.2, -0.15) is 4.98 Å². The lowest BCUT2D eigenvalue weighted by Crippen LogP contribution is -2.17. The van der Waals surface area contributed by atoms with Crippen molar-refractivity contribution in [1.29, 1.82) is 0 Å². The number of aliphatic hydroxyl groups is 1. The zero-order valence-corrected chi connectivity index (χ0v) is 12.5. The summed E-state index contributed by atoms with van der Waals surface area (Å²) in [6.45, 7) is 3.23. The molecular formula is C14H20N4OS. The third kappa shape index (κ3) is 2.58. The largest absolute Gasteiger partial charge is 0.396 e. The number of aromatic nitrogens is 2. The number of fused-ring (bicyclic) bond motifs is 1. The molecule has 0 aliphatic heterocycles. The maximum Gasteiger partial charge on any atom is 0.223 e. The number of rotatable bonds is 6. The van der Waals surface area contributed by atoms with E-state index >= 15 is 0 Å². The molecule has 1 aliphatic carbocycles. The molecule has 108 valence electrons. The van der Waals surface area contributed by atoms with Crippen LogP contribution in [0.25, 0.3) is 10.2 Å². The second kappa shape index (κ2) is 5.18. The number of nitrogens with one attached hydrogen (secondary N) is 1. The number of thiophene rings is 1. The minimum absolute atomic E-state index is 0.251. The molecule has 0 bridgehead atoms. The van der Waals surface area contributed by atoms with Crippen LogP contribution in [0.2, 0.25) is 0 Å². The topological polar surface area (TPSA) is 84.1 Å². The number of nitrogens with two attached hydrogens (primary N) is 1. The maximum atomic E-state index is 9.12. The Balaban J connectivity index is 1.85. The first-order valence-corrected chi connectivity index (χ1v) is 7.88. The van der Waals surface area contributed by atoms with Crippen molar-refractivity contribution in [3.63, 3.8) is 0 Å². The Labute approximate surface area is 122 Å². The summed E-state index contributed by atoms with van der Waals surface area (Å²) in [4.78, 5) is 10.9. The van der Waals surface area contributed by atoms with Gasteiger partial charge in [0.1, 0.15) is 10.6 Å². The quantitative estimate of drug-likeness (QED) is 0.761. The molecule has 20 heavy (non-hydrogen) atoms. The van der Waals surface area contributed by atoms with Crippen molar-refractivity contribution in [2.45, 2.75) is 32.6 Å². The van der Waals surface area contributed by atoms with Gasteiger partial charge in [-0.05, 0) is 37.2 Å². The SMILES string of the molecule is CCc1cc2c(NCC3(CCO)CC3)nc(N)nc2s1. The van der Waals surface area contributed by atoms with Crippen molar-refractivity contribution in [1.82, 2.24) is 9.97 Å². The monoisotopic (exact) mass is 292 g/mol. The van der Waals surface area contributed by atoms with Crippen molar-refractivity contribution in [3.05, 3.63) is 10.9 Å². The van der Waals surface area contributed by atoms with Gasteiger partial charge in [-0.15, -0.1) is 11.3 Å². The summed E-state index contributed by atoms with van der Waals surface area (Å²) in [5, 5.41) is 13.6. The van der Waals surface area contributed by atoms with Crippen LogP contribution in [0.3, 0.4) is 0 Å². The molecule has 0 spiro atoms. The van der Waals surface area contributed by atoms with E-state index in [1.807, 2.05) is 0 Å². The highest BCUT2D eigenvalue weighted by molar-refractivity contribution is 7.18. The first-order chi connectivity index (χ1) is 9.65. The fourth-order valence-corrected chi connectivity index (χ4v) is 3.47. The second-order valence-corrected chi connectivity index (χ2v) is 6.66. The van der Waals surface area contributed by atoms with Gasteiger partial charge in [0.05, 0.1) is 5.39 Å². The van der Waals surface area contributed by atoms with Gasteiger partial charge in [0, 0.05) is 18.0 Å². The molecule has 2 aromatic heterocycles. The lowest BCUT2D eigenvalue weighted by Gasteiger charge is -2.15. The molecule has 1 fully saturated rings. The van der Waals surface area contributed by atoms with Crippen molar-refractivity contribution >= 4 is 33.3 Å². The lowest BCUT2D eigenvalue weighted by molar-refractivity contribution is 0.253. The number of nitrogen functional groups attached to an aromatic ring is 1. The summed E-state index contributed by atoms with van der Waals surface area (Å²) in [5.74, 6) is 1.14. The van der Waals surface area contributed by atoms with Crippen LogP contribution in [0.15, 0.2) is 6.07 Å². The summed E-state index contributed by atoms with van der Waals surface area (Å²) in [5.41, 5.74) is 6.05. The molecular weight excluding hydrogens is 272 g/mol. The van der Waals surface area contributed by atoms with E-state index in [1.165, 1.54) is 17.7 Å². The number of aliphatic hydroxyl groups excluding tert-OH is 1. The summed E-state index contributed by atoms with van der Waals surface area (Å²) in [6.07, 6.45) is 4.20. The van der Waals surface area contributed by atoms with Crippen LogP contribution in [-0.2, 0) is 6.42 Å². The highest BCUT2D eigenvalue weighted by atomic mass is 32.1. The van der Waals surface area contributed by atoms with Crippen LogP contribution in [0.5, 0.6) is 0 Å². The molecule has 6 heteroatoms. The minimum Gasteiger partial charge on any atom is -0.396 e. The molecule has 0 atom stereocenters. The Bertz CT molecular complexity index is 621. The third-order valence-electron chi connectivity index (χ3n) is 4.04. The fraction of sp³-hybridized carbons (Fsp3) is 0.571. The van der Waals surface area contributed by atoms with Gasteiger partial charge >= 0.3 is 0 Å². The van der Waals surface area contributed by atoms with E-state index in [0.29, 0.717) is 5.95 Å². The molecule has 1 saturated carbocycles. The summed E-state index contributed by atoms with van der Waals surface area (Å²) >= 11 is 1.67. The van der Waals surface area contributed by atoms with Gasteiger partial charge in [0.25, 0.3) is 0 Å². The van der Waals surface area contributed by atoms with Crippen LogP contribution in [0.1, 0.15) is 31.1 Å². The van der Waals surface area contributed by atoms with Gasteiger partial charge in [0.15, 0.2) is 0 Å². The van der Waals surface area contributed by atoms with Gasteiger partial charge in [-0.3, -0.25) is 0 Å². The Morgan fingerprint density at radius 2 is 2.25 bits per heavy atom. The van der Waals surface area contributed by atoms with Crippen LogP contribution < -0.4 is 11.1 Å². The van der Waals surface area contributed by atoms with Crippen LogP contribution in [0, 0.1) is 5.41 Å². The van der Waals surface area contributed by atoms with Crippen molar-refractivity contribution in [2.24, 2.45) is 5.41 Å². The van der Waals surface area contributed by atoms with E-state index in [0.717, 1.165) is 35.4 Å². The van der Waals surface area contributed by atoms with E-state index in [4.69, 9.17) is 10.8 Å². The molecule has 0 saturated heterocycles. The van der Waals surface area contributed by atoms with Gasteiger partial charge in [0.2, 0.25) is 5.95 Å². The Morgan fingerprint density at radius 3 is 2.90 bits per heavy atom. The van der Waals surface area contributed by atoms with E-state index in [1.54, 1.807) is 11.3 Å². The van der Waals surface area contributed by atoms with E-state index < -0.39 is 0 Å². The van der Waals surface area contributed by atoms with Gasteiger partial charge in [-0.25, -0.2) is 4.98 Å². The van der Waals surface area contributed by atoms with Crippen LogP contribution >= 0.6 is 11.3 Å². The second-order valence-electron chi connectivity index (χ2n) is 5.54. The molecule has 0 amide bonds. The third-order valence-corrected chi connectivity index (χ3v) is 5.21. The number of nitrogens with zero attached hydrogens (tertiary/aromatic N) is 2. The van der Waals surface area contributed by atoms with E-state index in [9.17, 15) is 0 Å². The van der Waals surface area contributed by atoms with E-state index in [2.05, 4.69) is 28.3 Å². The first kappa shape index (κ1) is 13.6. The number of hydrogen-bond donors (Lipinski definition) is 3. The average Bonchev–Trinajstić information content (AvgIpc) is 3.06. The molecule has 2 aromatic rings. The first-order valence-electron chi connectivity index (χ1n) is 7.06. The highest BCUT2D eigenvalue weighted by Crippen LogP contribution is 2.48. The minimum atomic E-state index is 0.251. The number of aryl methyl sites for hydroxylation is 1. The standard InChI is InChI=1S/C14H20N4OS/c1-2-9-7-10-11(17-13(15)18-12(10)20-9)16-8-14(3-4-14)5-6-19/h7,19H,2-6,8H2,1H3,(H3,15,16,17,18). The normalized spacial score (nSPS) is 16.5. The fourth-order valence-electron chi connectivity index (χ4n) is 2.50. The van der Waals surface area contributed by atoms with Crippen molar-refractivity contribution in [2.75, 3.05) is 24.2 Å². The van der Waals surface area contributed by atoms with Crippen LogP contribution in [-0.4, -0.2) is 28.2 Å². The molecule has 2 heterocycles. The Kier molecular flexibility index (Phi) is 3.52. The van der Waals surface area contributed by atoms with Gasteiger partial charge in [-0.1, -0.05) is 6.92 Å². The van der Waals surface area contributed by atoms with Gasteiger partial charge < -0.3 is 16.2 Å². The number of anilines is 2. The average molecular weight is 292 g/mol. The molecule has 0 unspecified atom stereocenters. The maximum absolute atomic E-state index is 9.12. The lowest BCUT2D eigenvalue weighted by atomic mass is 10.0. The zero-order chi connectivity index (χ0) is 14.2. The van der Waals surface area contributed by atoms with Crippen molar-refractivity contribution < 1.29 is 5.11 Å². The summed E-state index contributed by atoms with van der Waals surface area (Å²) in [7, 11) is 0. The predicted molar refractivity (Wildman–Crippen MR) is 83.1 cm³/mol. The number of hydrogen-bond acceptors (Lipinski definition) is 6. The van der Waals surface area contributed by atoms with E-state index in [-0.39, 0.29) is 12.0 Å². The molecule has 5 nitrogen and oxygen atoms in total. The molecule has 3 rings (SSSR count). The highest BCUT2D eigenvalue weighted by Gasteiger charge is 2.41. The Morgan fingerprint density at radius 1 is 1.45 bits per heavy atom. The molecule has 0 radical (unpaired) electrons.